The van der Waals surface area contributed by atoms with E-state index in [9.17, 15) is 0 Å². The smallest absolute Gasteiger partial charge is 0.0278 e. The SMILES string of the molecule is CC[N]N(CC)C1CCCCC1. The maximum atomic E-state index is 4.50. The monoisotopic (exact) mass is 169 g/mol. The Balaban J connectivity index is 2.29. The standard InChI is InChI=1S/C10H21N2/c1-3-11-12(4-2)10-8-6-5-7-9-10/h10H,3-9H2,1-2H3. The molecule has 2 nitrogen and oxygen atoms in total. The fourth-order valence-corrected chi connectivity index (χ4v) is 2.03. The average molecular weight is 169 g/mol. The highest BCUT2D eigenvalue weighted by atomic mass is 15.5. The van der Waals surface area contributed by atoms with E-state index in [4.69, 9.17) is 0 Å². The van der Waals surface area contributed by atoms with Gasteiger partial charge in [0.05, 0.1) is 0 Å². The van der Waals surface area contributed by atoms with Crippen molar-refractivity contribution in [3.8, 4) is 0 Å². The van der Waals surface area contributed by atoms with Crippen LogP contribution in [0, 0.1) is 0 Å². The topological polar surface area (TPSA) is 17.3 Å². The molecule has 0 N–H and O–H groups in total. The number of hydrogen-bond acceptors (Lipinski definition) is 1. The van der Waals surface area contributed by atoms with E-state index in [0.29, 0.717) is 0 Å². The Kier molecular flexibility index (Phi) is 4.62. The second-order valence-electron chi connectivity index (χ2n) is 3.51. The average Bonchev–Trinajstić information content (AvgIpc) is 2.15. The van der Waals surface area contributed by atoms with Crippen molar-refractivity contribution < 1.29 is 0 Å². The molecule has 1 radical (unpaired) electrons. The van der Waals surface area contributed by atoms with Crippen molar-refractivity contribution >= 4 is 0 Å². The van der Waals surface area contributed by atoms with Gasteiger partial charge in [0.2, 0.25) is 0 Å². The van der Waals surface area contributed by atoms with Gasteiger partial charge >= 0.3 is 0 Å². The Labute approximate surface area is 76.3 Å². The lowest BCUT2D eigenvalue weighted by Gasteiger charge is -2.31. The first-order valence-corrected chi connectivity index (χ1v) is 5.32. The first kappa shape index (κ1) is 10.0. The fourth-order valence-electron chi connectivity index (χ4n) is 2.03. The summed E-state index contributed by atoms with van der Waals surface area (Å²) in [5.41, 5.74) is 4.50. The van der Waals surface area contributed by atoms with E-state index in [-0.39, 0.29) is 0 Å². The van der Waals surface area contributed by atoms with E-state index in [0.717, 1.165) is 19.1 Å². The molecule has 0 aliphatic heterocycles. The Morgan fingerprint density at radius 1 is 1.17 bits per heavy atom. The van der Waals surface area contributed by atoms with Crippen molar-refractivity contribution in [1.82, 2.24) is 10.4 Å². The quantitative estimate of drug-likeness (QED) is 0.590. The first-order chi connectivity index (χ1) is 5.88. The highest BCUT2D eigenvalue weighted by molar-refractivity contribution is 4.72. The lowest BCUT2D eigenvalue weighted by atomic mass is 9.95. The third-order valence-corrected chi connectivity index (χ3v) is 2.64. The molecule has 0 unspecified atom stereocenters. The van der Waals surface area contributed by atoms with Crippen molar-refractivity contribution in [2.45, 2.75) is 52.0 Å². The van der Waals surface area contributed by atoms with Gasteiger partial charge in [-0.15, -0.1) is 0 Å². The summed E-state index contributed by atoms with van der Waals surface area (Å²) < 4.78 is 0. The molecule has 0 heterocycles. The van der Waals surface area contributed by atoms with Crippen LogP contribution in [0.15, 0.2) is 0 Å². The maximum absolute atomic E-state index is 4.50. The van der Waals surface area contributed by atoms with E-state index in [1.165, 1.54) is 32.1 Å². The van der Waals surface area contributed by atoms with Crippen LogP contribution in [0.4, 0.5) is 0 Å². The largest absolute Gasteiger partial charge is 0.224 e. The Morgan fingerprint density at radius 2 is 1.83 bits per heavy atom. The minimum absolute atomic E-state index is 0.753. The number of nitrogens with zero attached hydrogens (tertiary/aromatic N) is 2. The second kappa shape index (κ2) is 5.55. The van der Waals surface area contributed by atoms with Gasteiger partial charge in [0.25, 0.3) is 0 Å². The lowest BCUT2D eigenvalue weighted by molar-refractivity contribution is 0.0991. The van der Waals surface area contributed by atoms with E-state index >= 15 is 0 Å². The van der Waals surface area contributed by atoms with Crippen molar-refractivity contribution in [3.05, 3.63) is 0 Å². The van der Waals surface area contributed by atoms with Crippen molar-refractivity contribution in [2.24, 2.45) is 0 Å². The molecular formula is C10H21N2. The summed E-state index contributed by atoms with van der Waals surface area (Å²) in [5.74, 6) is 0. The Hall–Kier alpha value is -0.0800. The van der Waals surface area contributed by atoms with Gasteiger partial charge in [-0.05, 0) is 19.8 Å². The molecule has 0 aromatic heterocycles. The number of rotatable bonds is 4. The van der Waals surface area contributed by atoms with E-state index in [2.05, 4.69) is 24.3 Å². The van der Waals surface area contributed by atoms with Crippen LogP contribution >= 0.6 is 0 Å². The molecule has 1 saturated carbocycles. The normalized spacial score (nSPS) is 20.2. The molecule has 1 fully saturated rings. The van der Waals surface area contributed by atoms with Crippen LogP contribution in [-0.2, 0) is 0 Å². The van der Waals surface area contributed by atoms with Crippen LogP contribution in [0.25, 0.3) is 0 Å². The molecule has 0 amide bonds. The predicted octanol–water partition coefficient (Wildman–Crippen LogP) is 2.18. The van der Waals surface area contributed by atoms with Gasteiger partial charge in [-0.2, -0.15) is 5.43 Å². The van der Waals surface area contributed by atoms with Gasteiger partial charge in [0.15, 0.2) is 0 Å². The van der Waals surface area contributed by atoms with Gasteiger partial charge in [-0.25, -0.2) is 5.01 Å². The molecule has 1 rings (SSSR count). The van der Waals surface area contributed by atoms with Crippen LogP contribution in [-0.4, -0.2) is 24.1 Å². The molecule has 0 aromatic rings. The minimum Gasteiger partial charge on any atom is -0.224 e. The third-order valence-electron chi connectivity index (χ3n) is 2.64. The molecule has 71 valence electrons. The summed E-state index contributed by atoms with van der Waals surface area (Å²) in [6, 6.07) is 0.753. The molecule has 1 aliphatic rings. The van der Waals surface area contributed by atoms with Crippen molar-refractivity contribution in [3.63, 3.8) is 0 Å². The van der Waals surface area contributed by atoms with E-state index in [1.54, 1.807) is 0 Å². The van der Waals surface area contributed by atoms with E-state index < -0.39 is 0 Å². The van der Waals surface area contributed by atoms with Crippen LogP contribution in [0.3, 0.4) is 0 Å². The Morgan fingerprint density at radius 3 is 2.33 bits per heavy atom. The summed E-state index contributed by atoms with van der Waals surface area (Å²) in [5, 5.41) is 2.29. The summed E-state index contributed by atoms with van der Waals surface area (Å²) in [4.78, 5) is 0. The summed E-state index contributed by atoms with van der Waals surface area (Å²) in [7, 11) is 0. The van der Waals surface area contributed by atoms with Crippen molar-refractivity contribution in [2.75, 3.05) is 13.1 Å². The lowest BCUT2D eigenvalue weighted by Crippen LogP contribution is -2.41. The number of hydrogen-bond donors (Lipinski definition) is 0. The molecule has 1 aliphatic carbocycles. The molecular weight excluding hydrogens is 148 g/mol. The molecule has 0 atom stereocenters. The second-order valence-corrected chi connectivity index (χ2v) is 3.51. The van der Waals surface area contributed by atoms with E-state index in [1.807, 2.05) is 0 Å². The van der Waals surface area contributed by atoms with Gasteiger partial charge in [0, 0.05) is 19.1 Å². The Bertz CT molecular complexity index is 106. The fraction of sp³-hybridized carbons (Fsp3) is 1.00. The molecule has 0 spiro atoms. The van der Waals surface area contributed by atoms with Crippen LogP contribution < -0.4 is 5.43 Å². The summed E-state index contributed by atoms with van der Waals surface area (Å²) in [6.07, 6.45) is 6.95. The zero-order chi connectivity index (χ0) is 8.81. The van der Waals surface area contributed by atoms with Gasteiger partial charge < -0.3 is 0 Å². The zero-order valence-corrected chi connectivity index (χ0v) is 8.42. The minimum atomic E-state index is 0.753. The summed E-state index contributed by atoms with van der Waals surface area (Å²) >= 11 is 0. The highest BCUT2D eigenvalue weighted by Gasteiger charge is 2.19. The summed E-state index contributed by atoms with van der Waals surface area (Å²) in [6.45, 7) is 6.34. The maximum Gasteiger partial charge on any atom is 0.0278 e. The van der Waals surface area contributed by atoms with Crippen LogP contribution in [0.2, 0.25) is 0 Å². The van der Waals surface area contributed by atoms with Crippen molar-refractivity contribution in [1.29, 1.82) is 0 Å². The van der Waals surface area contributed by atoms with Gasteiger partial charge in [-0.3, -0.25) is 0 Å². The first-order valence-electron chi connectivity index (χ1n) is 5.32. The van der Waals surface area contributed by atoms with Crippen LogP contribution in [0.5, 0.6) is 0 Å². The van der Waals surface area contributed by atoms with Gasteiger partial charge in [-0.1, -0.05) is 26.2 Å². The molecule has 12 heavy (non-hydrogen) atoms. The van der Waals surface area contributed by atoms with Gasteiger partial charge in [0.1, 0.15) is 0 Å². The third kappa shape index (κ3) is 2.76. The zero-order valence-electron chi connectivity index (χ0n) is 8.42. The molecule has 0 bridgehead atoms. The molecule has 2 heteroatoms. The molecule has 0 saturated heterocycles. The molecule has 0 aromatic carbocycles. The van der Waals surface area contributed by atoms with Crippen LogP contribution in [0.1, 0.15) is 46.0 Å². The predicted molar refractivity (Wildman–Crippen MR) is 51.9 cm³/mol. The highest BCUT2D eigenvalue weighted by Crippen LogP contribution is 2.21.